The van der Waals surface area contributed by atoms with Crippen molar-refractivity contribution < 1.29 is 18.0 Å². The molecule has 2 aromatic rings. The lowest BCUT2D eigenvalue weighted by Crippen LogP contribution is -2.47. The molecule has 2 heterocycles. The summed E-state index contributed by atoms with van der Waals surface area (Å²) in [7, 11) is 0. The third-order valence-corrected chi connectivity index (χ3v) is 5.25. The lowest BCUT2D eigenvalue weighted by atomic mass is 9.86. The minimum Gasteiger partial charge on any atom is -0.387 e. The van der Waals surface area contributed by atoms with E-state index in [9.17, 15) is 13.2 Å². The lowest BCUT2D eigenvalue weighted by molar-refractivity contribution is -0.137. The van der Waals surface area contributed by atoms with E-state index in [1.54, 1.807) is 12.1 Å². The number of benzene rings is 2. The van der Waals surface area contributed by atoms with Gasteiger partial charge in [-0.05, 0) is 42.6 Å². The van der Waals surface area contributed by atoms with Crippen LogP contribution in [0.15, 0.2) is 59.8 Å². The number of halogens is 3. The smallest absolute Gasteiger partial charge is 0.387 e. The first kappa shape index (κ1) is 18.0. The molecule has 0 aromatic heterocycles. The average Bonchev–Trinajstić information content (AvgIpc) is 3.05. The van der Waals surface area contributed by atoms with Gasteiger partial charge in [-0.2, -0.15) is 13.2 Å². The van der Waals surface area contributed by atoms with Crippen LogP contribution in [0.1, 0.15) is 36.0 Å². The van der Waals surface area contributed by atoms with E-state index in [4.69, 9.17) is 4.84 Å². The molecule has 2 aromatic carbocycles. The maximum absolute atomic E-state index is 12.7. The summed E-state index contributed by atoms with van der Waals surface area (Å²) in [5.41, 5.74) is 1.99. The van der Waals surface area contributed by atoms with E-state index in [-0.39, 0.29) is 5.60 Å². The van der Waals surface area contributed by atoms with Crippen molar-refractivity contribution in [1.82, 2.24) is 4.90 Å². The van der Waals surface area contributed by atoms with Crippen LogP contribution in [-0.4, -0.2) is 29.3 Å². The Balaban J connectivity index is 1.40. The van der Waals surface area contributed by atoms with Crippen LogP contribution in [0.4, 0.5) is 13.2 Å². The summed E-state index contributed by atoms with van der Waals surface area (Å²) in [6, 6.07) is 15.4. The Bertz CT molecular complexity index is 818. The Labute approximate surface area is 156 Å². The molecule has 0 N–H and O–H groups in total. The highest BCUT2D eigenvalue weighted by Gasteiger charge is 2.43. The summed E-state index contributed by atoms with van der Waals surface area (Å²) < 4.78 is 38.1. The summed E-state index contributed by atoms with van der Waals surface area (Å²) in [5.74, 6) is 0. The van der Waals surface area contributed by atoms with E-state index in [0.717, 1.165) is 61.3 Å². The number of piperidine rings is 1. The predicted molar refractivity (Wildman–Crippen MR) is 97.4 cm³/mol. The molecule has 1 saturated heterocycles. The van der Waals surface area contributed by atoms with Crippen molar-refractivity contribution in [3.8, 4) is 0 Å². The molecule has 2 aliphatic heterocycles. The van der Waals surface area contributed by atoms with E-state index in [1.165, 1.54) is 0 Å². The molecule has 6 heteroatoms. The van der Waals surface area contributed by atoms with E-state index in [0.29, 0.717) is 6.54 Å². The summed E-state index contributed by atoms with van der Waals surface area (Å²) >= 11 is 0. The lowest BCUT2D eigenvalue weighted by Gasteiger charge is -2.38. The fraction of sp³-hybridized carbons (Fsp3) is 0.381. The normalized spacial score (nSPS) is 23.3. The molecule has 3 nitrogen and oxygen atoms in total. The van der Waals surface area contributed by atoms with Crippen molar-refractivity contribution in [2.24, 2.45) is 5.16 Å². The van der Waals surface area contributed by atoms with Gasteiger partial charge in [0.15, 0.2) is 5.60 Å². The zero-order chi connectivity index (χ0) is 18.9. The summed E-state index contributed by atoms with van der Waals surface area (Å²) in [4.78, 5) is 8.12. The standard InChI is InChI=1S/C21H21F3N2O/c22-21(23,24)18-9-7-16(8-10-18)14-26-12-4-11-20(15-26)13-19(25-27-20)17-5-2-1-3-6-17/h1-3,5-10H,4,11-15H2. The quantitative estimate of drug-likeness (QED) is 0.766. The monoisotopic (exact) mass is 374 g/mol. The second-order valence-corrected chi connectivity index (χ2v) is 7.36. The molecule has 2 aliphatic rings. The molecular weight excluding hydrogens is 353 g/mol. The molecule has 1 atom stereocenters. The molecule has 0 aliphatic carbocycles. The van der Waals surface area contributed by atoms with E-state index in [2.05, 4.69) is 10.1 Å². The number of hydrogen-bond donors (Lipinski definition) is 0. The molecule has 0 radical (unpaired) electrons. The highest BCUT2D eigenvalue weighted by atomic mass is 19.4. The highest BCUT2D eigenvalue weighted by molar-refractivity contribution is 6.01. The molecule has 1 fully saturated rings. The number of hydrogen-bond acceptors (Lipinski definition) is 3. The summed E-state index contributed by atoms with van der Waals surface area (Å²) in [6.07, 6.45) is -1.61. The van der Waals surface area contributed by atoms with E-state index >= 15 is 0 Å². The first-order chi connectivity index (χ1) is 12.9. The zero-order valence-electron chi connectivity index (χ0n) is 14.9. The molecule has 0 saturated carbocycles. The molecule has 0 bridgehead atoms. The number of nitrogens with zero attached hydrogens (tertiary/aromatic N) is 2. The number of oxime groups is 1. The SMILES string of the molecule is FC(F)(F)c1ccc(CN2CCCC3(CC(c4ccccc4)=NO3)C2)cc1. The van der Waals surface area contributed by atoms with Crippen molar-refractivity contribution in [1.29, 1.82) is 0 Å². The molecule has 1 spiro atoms. The van der Waals surface area contributed by atoms with Gasteiger partial charge in [0.1, 0.15) is 0 Å². The summed E-state index contributed by atoms with van der Waals surface area (Å²) in [6.45, 7) is 2.25. The minimum absolute atomic E-state index is 0.324. The fourth-order valence-corrected chi connectivity index (χ4v) is 3.91. The third-order valence-electron chi connectivity index (χ3n) is 5.25. The van der Waals surface area contributed by atoms with Crippen LogP contribution in [-0.2, 0) is 17.6 Å². The summed E-state index contributed by atoms with van der Waals surface area (Å²) in [5, 5.41) is 4.33. The van der Waals surface area contributed by atoms with Gasteiger partial charge in [0, 0.05) is 19.5 Å². The minimum atomic E-state index is -4.30. The van der Waals surface area contributed by atoms with Crippen LogP contribution in [0.3, 0.4) is 0 Å². The highest BCUT2D eigenvalue weighted by Crippen LogP contribution is 2.35. The molecular formula is C21H21F3N2O. The van der Waals surface area contributed by atoms with Crippen LogP contribution < -0.4 is 0 Å². The van der Waals surface area contributed by atoms with E-state index < -0.39 is 11.7 Å². The fourth-order valence-electron chi connectivity index (χ4n) is 3.91. The van der Waals surface area contributed by atoms with Crippen molar-refractivity contribution >= 4 is 5.71 Å². The molecule has 0 amide bonds. The first-order valence-corrected chi connectivity index (χ1v) is 9.13. The number of rotatable bonds is 3. The molecule has 27 heavy (non-hydrogen) atoms. The Hall–Kier alpha value is -2.34. The predicted octanol–water partition coefficient (Wildman–Crippen LogP) is 4.86. The topological polar surface area (TPSA) is 24.8 Å². The largest absolute Gasteiger partial charge is 0.416 e. The van der Waals surface area contributed by atoms with Crippen LogP contribution in [0, 0.1) is 0 Å². The van der Waals surface area contributed by atoms with E-state index in [1.807, 2.05) is 30.3 Å². The molecule has 1 unspecified atom stereocenters. The van der Waals surface area contributed by atoms with Gasteiger partial charge in [0.2, 0.25) is 0 Å². The average molecular weight is 374 g/mol. The second kappa shape index (κ2) is 7.00. The van der Waals surface area contributed by atoms with Gasteiger partial charge >= 0.3 is 6.18 Å². The number of likely N-dealkylation sites (tertiary alicyclic amines) is 1. The molecule has 4 rings (SSSR count). The van der Waals surface area contributed by atoms with Crippen LogP contribution >= 0.6 is 0 Å². The van der Waals surface area contributed by atoms with Crippen LogP contribution in [0.2, 0.25) is 0 Å². The Morgan fingerprint density at radius 2 is 1.78 bits per heavy atom. The first-order valence-electron chi connectivity index (χ1n) is 9.13. The van der Waals surface area contributed by atoms with Gasteiger partial charge in [-0.25, -0.2) is 0 Å². The van der Waals surface area contributed by atoms with Gasteiger partial charge in [-0.15, -0.1) is 0 Å². The van der Waals surface area contributed by atoms with Crippen molar-refractivity contribution in [2.45, 2.75) is 37.6 Å². The maximum atomic E-state index is 12.7. The van der Waals surface area contributed by atoms with Gasteiger partial charge in [0.25, 0.3) is 0 Å². The Kier molecular flexibility index (Phi) is 4.68. The van der Waals surface area contributed by atoms with Gasteiger partial charge < -0.3 is 4.84 Å². The third kappa shape index (κ3) is 4.00. The zero-order valence-corrected chi connectivity index (χ0v) is 14.9. The van der Waals surface area contributed by atoms with Crippen molar-refractivity contribution in [3.63, 3.8) is 0 Å². The van der Waals surface area contributed by atoms with Gasteiger partial charge in [0.05, 0.1) is 11.3 Å². The number of alkyl halides is 3. The van der Waals surface area contributed by atoms with Crippen molar-refractivity contribution in [2.75, 3.05) is 13.1 Å². The Morgan fingerprint density at radius 1 is 1.04 bits per heavy atom. The van der Waals surface area contributed by atoms with Gasteiger partial charge in [-0.3, -0.25) is 4.90 Å². The van der Waals surface area contributed by atoms with Crippen LogP contribution in [0.5, 0.6) is 0 Å². The second-order valence-electron chi connectivity index (χ2n) is 7.36. The van der Waals surface area contributed by atoms with Crippen LogP contribution in [0.25, 0.3) is 0 Å². The van der Waals surface area contributed by atoms with Gasteiger partial charge in [-0.1, -0.05) is 47.6 Å². The maximum Gasteiger partial charge on any atom is 0.416 e. The molecule has 142 valence electrons. The van der Waals surface area contributed by atoms with Crippen molar-refractivity contribution in [3.05, 3.63) is 71.3 Å². The Morgan fingerprint density at radius 3 is 2.48 bits per heavy atom.